The lowest BCUT2D eigenvalue weighted by Gasteiger charge is -2.12. The standard InChI is InChI=1S/C12H16N2O3S/c1-3-7-13-10-5-4-6-11-12(10)18(15,16)14-9(2)8-17-11/h3-6,9,13-14H,1,7-8H2,2H3/t9-/m0/s1. The molecule has 0 aliphatic carbocycles. The molecule has 1 aliphatic rings. The van der Waals surface area contributed by atoms with Crippen LogP contribution >= 0.6 is 0 Å². The van der Waals surface area contributed by atoms with Gasteiger partial charge >= 0.3 is 0 Å². The Balaban J connectivity index is 2.52. The molecule has 0 amide bonds. The molecule has 0 saturated heterocycles. The van der Waals surface area contributed by atoms with Gasteiger partial charge in [-0.15, -0.1) is 6.58 Å². The van der Waals surface area contributed by atoms with E-state index in [4.69, 9.17) is 4.74 Å². The monoisotopic (exact) mass is 268 g/mol. The predicted molar refractivity (Wildman–Crippen MR) is 70.4 cm³/mol. The molecule has 0 aromatic heterocycles. The summed E-state index contributed by atoms with van der Waals surface area (Å²) in [5.41, 5.74) is 0.522. The summed E-state index contributed by atoms with van der Waals surface area (Å²) in [6, 6.07) is 4.87. The maximum atomic E-state index is 12.2. The number of fused-ring (bicyclic) bond motifs is 1. The summed E-state index contributed by atoms with van der Waals surface area (Å²) in [4.78, 5) is 0.163. The second kappa shape index (κ2) is 4.99. The van der Waals surface area contributed by atoms with Crippen molar-refractivity contribution in [2.75, 3.05) is 18.5 Å². The number of rotatable bonds is 3. The highest BCUT2D eigenvalue weighted by molar-refractivity contribution is 7.89. The van der Waals surface area contributed by atoms with Gasteiger partial charge in [0.15, 0.2) is 0 Å². The van der Waals surface area contributed by atoms with Crippen molar-refractivity contribution in [3.05, 3.63) is 30.9 Å². The van der Waals surface area contributed by atoms with Crippen LogP contribution in [0.3, 0.4) is 0 Å². The van der Waals surface area contributed by atoms with Gasteiger partial charge in [-0.1, -0.05) is 12.1 Å². The highest BCUT2D eigenvalue weighted by Crippen LogP contribution is 2.33. The lowest BCUT2D eigenvalue weighted by Crippen LogP contribution is -2.34. The summed E-state index contributed by atoms with van der Waals surface area (Å²) < 4.78 is 32.5. The maximum absolute atomic E-state index is 12.2. The molecule has 0 saturated carbocycles. The molecule has 6 heteroatoms. The van der Waals surface area contributed by atoms with Crippen LogP contribution in [-0.2, 0) is 10.0 Å². The van der Waals surface area contributed by atoms with E-state index in [-0.39, 0.29) is 10.9 Å². The summed E-state index contributed by atoms with van der Waals surface area (Å²) in [7, 11) is -3.56. The third kappa shape index (κ3) is 2.49. The molecule has 1 heterocycles. The van der Waals surface area contributed by atoms with Gasteiger partial charge in [0, 0.05) is 6.54 Å². The minimum Gasteiger partial charge on any atom is -0.490 e. The molecule has 1 aromatic rings. The molecule has 1 aromatic carbocycles. The fourth-order valence-corrected chi connectivity index (χ4v) is 3.34. The molecule has 2 N–H and O–H groups in total. The van der Waals surface area contributed by atoms with Crippen molar-refractivity contribution in [2.24, 2.45) is 0 Å². The molecule has 0 unspecified atom stereocenters. The van der Waals surface area contributed by atoms with E-state index in [1.54, 1.807) is 31.2 Å². The van der Waals surface area contributed by atoms with Crippen LogP contribution in [0.15, 0.2) is 35.7 Å². The lowest BCUT2D eigenvalue weighted by molar-refractivity contribution is 0.288. The van der Waals surface area contributed by atoms with Gasteiger partial charge in [0.1, 0.15) is 17.3 Å². The summed E-state index contributed by atoms with van der Waals surface area (Å²) in [6.45, 7) is 6.16. The SMILES string of the molecule is C=CCNc1cccc2c1S(=O)(=O)N[C@@H](C)CO2. The Morgan fingerprint density at radius 3 is 3.11 bits per heavy atom. The molecule has 1 aliphatic heterocycles. The molecule has 5 nitrogen and oxygen atoms in total. The van der Waals surface area contributed by atoms with Gasteiger partial charge in [-0.3, -0.25) is 0 Å². The van der Waals surface area contributed by atoms with Crippen molar-refractivity contribution in [3.8, 4) is 5.75 Å². The summed E-state index contributed by atoms with van der Waals surface area (Å²) in [5, 5.41) is 3.00. The van der Waals surface area contributed by atoms with Crippen LogP contribution in [0.1, 0.15) is 6.92 Å². The van der Waals surface area contributed by atoms with E-state index in [2.05, 4.69) is 16.6 Å². The van der Waals surface area contributed by atoms with E-state index in [9.17, 15) is 8.42 Å². The fraction of sp³-hybridized carbons (Fsp3) is 0.333. The summed E-state index contributed by atoms with van der Waals surface area (Å²) in [5.74, 6) is 0.376. The number of sulfonamides is 1. The van der Waals surface area contributed by atoms with E-state index < -0.39 is 10.0 Å². The van der Waals surface area contributed by atoms with E-state index in [0.717, 1.165) is 0 Å². The number of hydrogen-bond acceptors (Lipinski definition) is 4. The summed E-state index contributed by atoms with van der Waals surface area (Å²) >= 11 is 0. The number of hydrogen-bond donors (Lipinski definition) is 2. The van der Waals surface area contributed by atoms with Gasteiger partial charge in [-0.25, -0.2) is 13.1 Å². The van der Waals surface area contributed by atoms with Crippen LogP contribution in [-0.4, -0.2) is 27.6 Å². The van der Waals surface area contributed by atoms with Crippen LogP contribution in [0, 0.1) is 0 Å². The van der Waals surface area contributed by atoms with Crippen LogP contribution in [0.5, 0.6) is 5.75 Å². The zero-order chi connectivity index (χ0) is 13.2. The molecular weight excluding hydrogens is 252 g/mol. The molecule has 1 atom stereocenters. The Bertz CT molecular complexity index is 554. The van der Waals surface area contributed by atoms with E-state index >= 15 is 0 Å². The van der Waals surface area contributed by atoms with Crippen molar-refractivity contribution in [2.45, 2.75) is 17.9 Å². The molecule has 2 rings (SSSR count). The zero-order valence-electron chi connectivity index (χ0n) is 10.1. The number of benzene rings is 1. The van der Waals surface area contributed by atoms with Gasteiger partial charge in [0.05, 0.1) is 11.7 Å². The third-order valence-corrected chi connectivity index (χ3v) is 4.20. The second-order valence-electron chi connectivity index (χ2n) is 4.14. The van der Waals surface area contributed by atoms with E-state index in [0.29, 0.717) is 24.6 Å². The largest absolute Gasteiger partial charge is 0.490 e. The van der Waals surface area contributed by atoms with Crippen molar-refractivity contribution in [1.29, 1.82) is 0 Å². The molecule has 18 heavy (non-hydrogen) atoms. The average molecular weight is 268 g/mol. The Morgan fingerprint density at radius 2 is 2.39 bits per heavy atom. The van der Waals surface area contributed by atoms with Crippen LogP contribution < -0.4 is 14.8 Å². The first-order chi connectivity index (χ1) is 8.54. The minimum absolute atomic E-state index is 0.163. The van der Waals surface area contributed by atoms with Crippen LogP contribution in [0.2, 0.25) is 0 Å². The maximum Gasteiger partial charge on any atom is 0.246 e. The normalized spacial score (nSPS) is 21.3. The predicted octanol–water partition coefficient (Wildman–Crippen LogP) is 1.34. The highest BCUT2D eigenvalue weighted by Gasteiger charge is 2.28. The number of anilines is 1. The van der Waals surface area contributed by atoms with Gasteiger partial charge in [-0.05, 0) is 19.1 Å². The first-order valence-electron chi connectivity index (χ1n) is 5.67. The van der Waals surface area contributed by atoms with Crippen molar-refractivity contribution in [1.82, 2.24) is 4.72 Å². The topological polar surface area (TPSA) is 67.4 Å². The first kappa shape index (κ1) is 12.9. The minimum atomic E-state index is -3.56. The summed E-state index contributed by atoms with van der Waals surface area (Å²) in [6.07, 6.45) is 1.67. The molecule has 0 spiro atoms. The highest BCUT2D eigenvalue weighted by atomic mass is 32.2. The van der Waals surface area contributed by atoms with Gasteiger partial charge in [0.25, 0.3) is 0 Å². The van der Waals surface area contributed by atoms with Gasteiger partial charge in [-0.2, -0.15) is 0 Å². The molecule has 0 bridgehead atoms. The molecule has 0 radical (unpaired) electrons. The van der Waals surface area contributed by atoms with Crippen molar-refractivity contribution < 1.29 is 13.2 Å². The van der Waals surface area contributed by atoms with Crippen molar-refractivity contribution >= 4 is 15.7 Å². The van der Waals surface area contributed by atoms with E-state index in [1.807, 2.05) is 0 Å². The first-order valence-corrected chi connectivity index (χ1v) is 7.16. The average Bonchev–Trinajstić information content (AvgIpc) is 2.43. The third-order valence-electron chi connectivity index (χ3n) is 2.53. The van der Waals surface area contributed by atoms with Crippen molar-refractivity contribution in [3.63, 3.8) is 0 Å². The molecule has 98 valence electrons. The zero-order valence-corrected chi connectivity index (χ0v) is 11.0. The van der Waals surface area contributed by atoms with Crippen LogP contribution in [0.25, 0.3) is 0 Å². The Morgan fingerprint density at radius 1 is 1.61 bits per heavy atom. The Labute approximate surface area is 107 Å². The smallest absolute Gasteiger partial charge is 0.246 e. The van der Waals surface area contributed by atoms with Gasteiger partial charge in [0.2, 0.25) is 10.0 Å². The second-order valence-corrected chi connectivity index (χ2v) is 5.79. The van der Waals surface area contributed by atoms with E-state index in [1.165, 1.54) is 0 Å². The number of ether oxygens (including phenoxy) is 1. The Kier molecular flexibility index (Phi) is 3.58. The lowest BCUT2D eigenvalue weighted by atomic mass is 10.3. The fourth-order valence-electron chi connectivity index (χ4n) is 1.80. The van der Waals surface area contributed by atoms with Gasteiger partial charge < -0.3 is 10.1 Å². The molecular formula is C12H16N2O3S. The van der Waals surface area contributed by atoms with Crippen LogP contribution in [0.4, 0.5) is 5.69 Å². The number of nitrogens with one attached hydrogen (secondary N) is 2. The quantitative estimate of drug-likeness (QED) is 0.812. The molecule has 0 fully saturated rings. The Hall–Kier alpha value is -1.53.